The van der Waals surface area contributed by atoms with E-state index in [1.54, 1.807) is 0 Å². The predicted octanol–water partition coefficient (Wildman–Crippen LogP) is -0.208. The Kier molecular flexibility index (Phi) is 4.30. The first kappa shape index (κ1) is 15.6. The molecule has 1 fully saturated rings. The average molecular weight is 337 g/mol. The third-order valence-electron chi connectivity index (χ3n) is 4.61. The molecule has 4 rings (SSSR count). The van der Waals surface area contributed by atoms with Gasteiger partial charge in [0.1, 0.15) is 0 Å². The van der Waals surface area contributed by atoms with Gasteiger partial charge in [0.25, 0.3) is 0 Å². The zero-order chi connectivity index (χ0) is 17.1. The Balaban J connectivity index is 1.41. The minimum Gasteiger partial charge on any atom is -0.360 e. The molecule has 0 aliphatic carbocycles. The van der Waals surface area contributed by atoms with Crippen molar-refractivity contribution in [1.82, 2.24) is 19.8 Å². The number of anilines is 1. The summed E-state index contributed by atoms with van der Waals surface area (Å²) in [7, 11) is 0. The molecule has 2 aromatic carbocycles. The Morgan fingerprint density at radius 3 is 2.08 bits per heavy atom. The Morgan fingerprint density at radius 1 is 0.840 bits per heavy atom. The summed E-state index contributed by atoms with van der Waals surface area (Å²) < 4.78 is 2.81. The number of nitrogens with zero attached hydrogens (tertiary/aromatic N) is 5. The van der Waals surface area contributed by atoms with E-state index in [-0.39, 0.29) is 5.69 Å². The van der Waals surface area contributed by atoms with Crippen LogP contribution in [-0.4, -0.2) is 46.0 Å². The smallest absolute Gasteiger partial charge is 0.360 e. The first-order chi connectivity index (χ1) is 12.3. The molecule has 1 N–H and O–H groups in total. The third-order valence-corrected chi connectivity index (χ3v) is 4.61. The van der Waals surface area contributed by atoms with E-state index in [0.717, 1.165) is 31.9 Å². The second-order valence-electron chi connectivity index (χ2n) is 6.24. The van der Waals surface area contributed by atoms with Gasteiger partial charge >= 0.3 is 5.69 Å². The molecule has 1 aliphatic rings. The fraction of sp³-hybridized carbons (Fsp3) is 0.278. The molecule has 0 amide bonds. The van der Waals surface area contributed by atoms with Gasteiger partial charge in [0.05, 0.1) is 31.9 Å². The summed E-state index contributed by atoms with van der Waals surface area (Å²) >= 11 is 0. The molecule has 0 unspecified atom stereocenters. The highest BCUT2D eigenvalue weighted by Gasteiger charge is 2.22. The van der Waals surface area contributed by atoms with Crippen LogP contribution in [0.2, 0.25) is 0 Å². The van der Waals surface area contributed by atoms with Crippen LogP contribution in [0.15, 0.2) is 65.5 Å². The van der Waals surface area contributed by atoms with Crippen LogP contribution in [-0.2, 0) is 6.67 Å². The van der Waals surface area contributed by atoms with Crippen molar-refractivity contribution in [3.8, 4) is 5.69 Å². The Labute approximate surface area is 145 Å². The van der Waals surface area contributed by atoms with Crippen LogP contribution >= 0.6 is 0 Å². The summed E-state index contributed by atoms with van der Waals surface area (Å²) in [6.45, 7) is 4.44. The van der Waals surface area contributed by atoms with E-state index >= 15 is 0 Å². The molecular weight excluding hydrogens is 316 g/mol. The minimum atomic E-state index is -0.191. The van der Waals surface area contributed by atoms with Gasteiger partial charge in [-0.2, -0.15) is 4.68 Å². The van der Waals surface area contributed by atoms with Gasteiger partial charge in [0, 0.05) is 5.69 Å². The molecule has 7 nitrogen and oxygen atoms in total. The van der Waals surface area contributed by atoms with E-state index in [0.29, 0.717) is 6.67 Å². The van der Waals surface area contributed by atoms with Crippen LogP contribution in [0.3, 0.4) is 0 Å². The van der Waals surface area contributed by atoms with Crippen molar-refractivity contribution < 1.29 is 4.90 Å². The van der Waals surface area contributed by atoms with Crippen molar-refractivity contribution in [1.29, 1.82) is 0 Å². The maximum absolute atomic E-state index is 12.5. The third kappa shape index (κ3) is 3.32. The molecule has 1 aromatic heterocycles. The molecule has 3 aromatic rings. The van der Waals surface area contributed by atoms with Crippen LogP contribution in [0.25, 0.3) is 5.69 Å². The van der Waals surface area contributed by atoms with E-state index in [2.05, 4.69) is 39.6 Å². The lowest BCUT2D eigenvalue weighted by atomic mass is 10.2. The van der Waals surface area contributed by atoms with Gasteiger partial charge in [-0.1, -0.05) is 36.4 Å². The maximum Gasteiger partial charge on any atom is 0.373 e. The zero-order valence-electron chi connectivity index (χ0n) is 14.0. The minimum absolute atomic E-state index is 0.191. The number of nitrogens with one attached hydrogen (secondary N) is 1. The number of hydrogen-bond donors (Lipinski definition) is 1. The quantitative estimate of drug-likeness (QED) is 0.716. The molecule has 0 atom stereocenters. The first-order valence-corrected chi connectivity index (χ1v) is 8.53. The second kappa shape index (κ2) is 6.90. The number of rotatable bonds is 4. The van der Waals surface area contributed by atoms with Crippen LogP contribution in [0.4, 0.5) is 5.69 Å². The fourth-order valence-corrected chi connectivity index (χ4v) is 3.19. The molecule has 1 aliphatic heterocycles. The van der Waals surface area contributed by atoms with Gasteiger partial charge in [-0.15, -0.1) is 4.68 Å². The standard InChI is InChI=1S/C18H20N6O/c25-18-23(19-20-24(18)17-9-5-2-6-10-17)15-21-11-13-22(14-12-21)16-7-3-1-4-8-16/h1-10H,11-15H2/p+1. The SMILES string of the molecule is O=c1n(C[NH+]2CCN(c3ccccc3)CC2)nnn1-c1ccccc1. The summed E-state index contributed by atoms with van der Waals surface area (Å²) in [5, 5.41) is 8.05. The van der Waals surface area contributed by atoms with Crippen molar-refractivity contribution in [3.63, 3.8) is 0 Å². The molecule has 0 radical (unpaired) electrons. The number of tetrazole rings is 1. The van der Waals surface area contributed by atoms with Gasteiger partial charge < -0.3 is 9.80 Å². The molecule has 2 heterocycles. The zero-order valence-corrected chi connectivity index (χ0v) is 14.0. The van der Waals surface area contributed by atoms with Crippen molar-refractivity contribution in [2.24, 2.45) is 0 Å². The lowest BCUT2D eigenvalue weighted by Gasteiger charge is -2.33. The van der Waals surface area contributed by atoms with E-state index in [4.69, 9.17) is 0 Å². The largest absolute Gasteiger partial charge is 0.373 e. The van der Waals surface area contributed by atoms with Gasteiger partial charge in [-0.05, 0) is 34.7 Å². The summed E-state index contributed by atoms with van der Waals surface area (Å²) in [5.41, 5.74) is 1.81. The van der Waals surface area contributed by atoms with Crippen molar-refractivity contribution in [2.45, 2.75) is 6.67 Å². The van der Waals surface area contributed by atoms with E-state index in [1.807, 2.05) is 36.4 Å². The lowest BCUT2D eigenvalue weighted by Crippen LogP contribution is -3.14. The van der Waals surface area contributed by atoms with Crippen molar-refractivity contribution in [2.75, 3.05) is 31.1 Å². The van der Waals surface area contributed by atoms with E-state index < -0.39 is 0 Å². The Hall–Kier alpha value is -2.93. The summed E-state index contributed by atoms with van der Waals surface area (Å²) in [5.74, 6) is 0. The van der Waals surface area contributed by atoms with Crippen LogP contribution in [0, 0.1) is 0 Å². The number of benzene rings is 2. The van der Waals surface area contributed by atoms with Crippen molar-refractivity contribution >= 4 is 5.69 Å². The van der Waals surface area contributed by atoms with Crippen LogP contribution in [0.1, 0.15) is 0 Å². The van der Waals surface area contributed by atoms with Gasteiger partial charge in [-0.25, -0.2) is 4.79 Å². The van der Waals surface area contributed by atoms with Crippen LogP contribution in [0.5, 0.6) is 0 Å². The molecule has 1 saturated heterocycles. The number of aromatic nitrogens is 4. The summed E-state index contributed by atoms with van der Waals surface area (Å²) in [6.07, 6.45) is 0. The Morgan fingerprint density at radius 2 is 1.44 bits per heavy atom. The summed E-state index contributed by atoms with van der Waals surface area (Å²) in [6, 6.07) is 19.8. The van der Waals surface area contributed by atoms with Crippen LogP contribution < -0.4 is 15.5 Å². The average Bonchev–Trinajstić information content (AvgIpc) is 3.04. The molecular formula is C18H21N6O+. The molecule has 0 saturated carbocycles. The first-order valence-electron chi connectivity index (χ1n) is 8.53. The second-order valence-corrected chi connectivity index (χ2v) is 6.24. The topological polar surface area (TPSA) is 60.4 Å². The van der Waals surface area contributed by atoms with Crippen molar-refractivity contribution in [3.05, 3.63) is 71.1 Å². The Bertz CT molecular complexity index is 865. The number of quaternary nitrogens is 1. The number of hydrogen-bond acceptors (Lipinski definition) is 4. The number of piperazine rings is 1. The highest BCUT2D eigenvalue weighted by molar-refractivity contribution is 5.46. The molecule has 0 spiro atoms. The predicted molar refractivity (Wildman–Crippen MR) is 95.0 cm³/mol. The molecule has 7 heteroatoms. The fourth-order valence-electron chi connectivity index (χ4n) is 3.19. The maximum atomic E-state index is 12.5. The van der Waals surface area contributed by atoms with E-state index in [1.165, 1.54) is 20.0 Å². The normalized spacial score (nSPS) is 15.4. The highest BCUT2D eigenvalue weighted by Crippen LogP contribution is 2.12. The highest BCUT2D eigenvalue weighted by atomic mass is 16.2. The van der Waals surface area contributed by atoms with Gasteiger partial charge in [-0.3, -0.25) is 0 Å². The van der Waals surface area contributed by atoms with Gasteiger partial charge in [0.2, 0.25) is 0 Å². The molecule has 25 heavy (non-hydrogen) atoms. The van der Waals surface area contributed by atoms with Gasteiger partial charge in [0.15, 0.2) is 6.67 Å². The van der Waals surface area contributed by atoms with E-state index in [9.17, 15) is 4.79 Å². The molecule has 128 valence electrons. The summed E-state index contributed by atoms with van der Waals surface area (Å²) in [4.78, 5) is 16.2. The lowest BCUT2D eigenvalue weighted by molar-refractivity contribution is -0.924. The molecule has 0 bridgehead atoms. The monoisotopic (exact) mass is 337 g/mol. The number of para-hydroxylation sites is 2.